The Bertz CT molecular complexity index is 655. The van der Waals surface area contributed by atoms with Crippen LogP contribution in [0, 0.1) is 40.4 Å². The Morgan fingerprint density at radius 2 is 1.52 bits per heavy atom. The molecule has 1 heterocycles. The van der Waals surface area contributed by atoms with Crippen LogP contribution in [0.3, 0.4) is 0 Å². The molecule has 4 nitrogen and oxygen atoms in total. The highest BCUT2D eigenvalue weighted by molar-refractivity contribution is 5.66. The van der Waals surface area contributed by atoms with E-state index in [9.17, 15) is 4.79 Å². The van der Waals surface area contributed by atoms with Crippen LogP contribution in [0.4, 0.5) is 0 Å². The van der Waals surface area contributed by atoms with Gasteiger partial charge in [0, 0.05) is 18.3 Å². The molecule has 0 amide bonds. The smallest absolute Gasteiger partial charge is 0.302 e. The van der Waals surface area contributed by atoms with Gasteiger partial charge in [-0.2, -0.15) is 0 Å². The van der Waals surface area contributed by atoms with E-state index in [1.807, 2.05) is 0 Å². The number of esters is 1. The van der Waals surface area contributed by atoms with Crippen molar-refractivity contribution in [2.75, 3.05) is 13.2 Å². The van der Waals surface area contributed by atoms with Gasteiger partial charge in [0.25, 0.3) is 0 Å². The lowest BCUT2D eigenvalue weighted by Gasteiger charge is -2.61. The molecule has 0 N–H and O–H groups in total. The molecule has 4 heteroatoms. The van der Waals surface area contributed by atoms with Crippen LogP contribution in [0.5, 0.6) is 0 Å². The van der Waals surface area contributed by atoms with E-state index >= 15 is 0 Å². The predicted molar refractivity (Wildman–Crippen MR) is 111 cm³/mol. The summed E-state index contributed by atoms with van der Waals surface area (Å²) in [5.41, 5.74) is 0.668. The van der Waals surface area contributed by atoms with Gasteiger partial charge in [0.15, 0.2) is 5.79 Å². The van der Waals surface area contributed by atoms with Crippen molar-refractivity contribution in [3.63, 3.8) is 0 Å². The van der Waals surface area contributed by atoms with Crippen LogP contribution in [0.2, 0.25) is 0 Å². The maximum Gasteiger partial charge on any atom is 0.302 e. The maximum absolute atomic E-state index is 11.7. The molecule has 0 radical (unpaired) electrons. The van der Waals surface area contributed by atoms with E-state index in [1.165, 1.54) is 51.4 Å². The third kappa shape index (κ3) is 3.03. The van der Waals surface area contributed by atoms with Crippen molar-refractivity contribution < 1.29 is 19.0 Å². The number of hydrogen-bond donors (Lipinski definition) is 0. The first-order chi connectivity index (χ1) is 13.8. The van der Waals surface area contributed by atoms with E-state index < -0.39 is 0 Å². The van der Waals surface area contributed by atoms with E-state index in [1.54, 1.807) is 6.92 Å². The van der Waals surface area contributed by atoms with Gasteiger partial charge in [-0.25, -0.2) is 0 Å². The van der Waals surface area contributed by atoms with Gasteiger partial charge >= 0.3 is 5.97 Å². The second-order valence-electron chi connectivity index (χ2n) is 11.6. The molecule has 0 aromatic carbocycles. The number of carbonyl (C=O) groups is 1. The highest BCUT2D eigenvalue weighted by Gasteiger charge is 2.61. The van der Waals surface area contributed by atoms with Gasteiger partial charge in [-0.05, 0) is 93.8 Å². The van der Waals surface area contributed by atoms with Gasteiger partial charge < -0.3 is 14.2 Å². The molecule has 5 rings (SSSR count). The lowest BCUT2D eigenvalue weighted by Crippen LogP contribution is -2.55. The SMILES string of the molecule is CC(=O)O[C@@H]1CC[C@H]2[C@H]3CC[C@H]4C[C@@H](C5(C)OCCO5)CC[C@]4(C)[C@@H]3CC[C@]12C. The molecule has 0 bridgehead atoms. The van der Waals surface area contributed by atoms with Crippen LogP contribution in [-0.4, -0.2) is 31.1 Å². The minimum atomic E-state index is -0.341. The molecular formula is C25H40O4. The van der Waals surface area contributed by atoms with Crippen molar-refractivity contribution in [3.8, 4) is 0 Å². The Kier molecular flexibility index (Phi) is 4.87. The topological polar surface area (TPSA) is 44.8 Å². The fourth-order valence-corrected chi connectivity index (χ4v) is 8.85. The Morgan fingerprint density at radius 3 is 2.24 bits per heavy atom. The standard InChI is InChI=1S/C25H40O4/c1-16(26)29-22-8-7-20-19-6-5-17-15-18(25(4)27-13-14-28-25)9-11-23(17,2)21(19)10-12-24(20,22)3/h17-22H,5-15H2,1-4H3/t17-,18-,19+,20-,21+,22+,23-,24-/m0/s1. The Morgan fingerprint density at radius 1 is 0.828 bits per heavy atom. The molecule has 4 saturated carbocycles. The van der Waals surface area contributed by atoms with Crippen molar-refractivity contribution in [2.24, 2.45) is 40.4 Å². The molecule has 1 saturated heterocycles. The molecule has 5 aliphatic rings. The molecular weight excluding hydrogens is 364 g/mol. The molecule has 8 atom stereocenters. The minimum absolute atomic E-state index is 0.0992. The number of carbonyl (C=O) groups excluding carboxylic acids is 1. The van der Waals surface area contributed by atoms with Gasteiger partial charge in [-0.1, -0.05) is 13.8 Å². The predicted octanol–water partition coefficient (Wildman–Crippen LogP) is 5.34. The molecule has 5 fully saturated rings. The van der Waals surface area contributed by atoms with E-state index in [-0.39, 0.29) is 23.3 Å². The lowest BCUT2D eigenvalue weighted by molar-refractivity contribution is -0.211. The van der Waals surface area contributed by atoms with Crippen LogP contribution >= 0.6 is 0 Å². The van der Waals surface area contributed by atoms with E-state index in [4.69, 9.17) is 14.2 Å². The van der Waals surface area contributed by atoms with Crippen LogP contribution in [0.1, 0.15) is 85.5 Å². The largest absolute Gasteiger partial charge is 0.462 e. The summed E-state index contributed by atoms with van der Waals surface area (Å²) in [4.78, 5) is 11.7. The number of hydrogen-bond acceptors (Lipinski definition) is 4. The minimum Gasteiger partial charge on any atom is -0.462 e. The fourth-order valence-electron chi connectivity index (χ4n) is 8.85. The Balaban J connectivity index is 1.33. The third-order valence-electron chi connectivity index (χ3n) is 10.5. The average Bonchev–Trinajstić information content (AvgIpc) is 3.25. The molecule has 29 heavy (non-hydrogen) atoms. The van der Waals surface area contributed by atoms with E-state index in [2.05, 4.69) is 20.8 Å². The second kappa shape index (κ2) is 6.95. The first-order valence-corrected chi connectivity index (χ1v) is 12.2. The van der Waals surface area contributed by atoms with Crippen molar-refractivity contribution in [1.29, 1.82) is 0 Å². The summed E-state index contributed by atoms with van der Waals surface area (Å²) in [6.45, 7) is 10.3. The highest BCUT2D eigenvalue weighted by atomic mass is 16.7. The van der Waals surface area contributed by atoms with Crippen molar-refractivity contribution in [1.82, 2.24) is 0 Å². The monoisotopic (exact) mass is 404 g/mol. The summed E-state index contributed by atoms with van der Waals surface area (Å²) in [6, 6.07) is 0. The quantitative estimate of drug-likeness (QED) is 0.583. The summed E-state index contributed by atoms with van der Waals surface area (Å²) in [7, 11) is 0. The zero-order chi connectivity index (χ0) is 20.4. The highest BCUT2D eigenvalue weighted by Crippen LogP contribution is 2.67. The van der Waals surface area contributed by atoms with Crippen molar-refractivity contribution in [2.45, 2.75) is 97.4 Å². The van der Waals surface area contributed by atoms with Gasteiger partial charge in [0.05, 0.1) is 13.2 Å². The molecule has 0 spiro atoms. The second-order valence-corrected chi connectivity index (χ2v) is 11.6. The van der Waals surface area contributed by atoms with Crippen LogP contribution in [0.15, 0.2) is 0 Å². The molecule has 0 aromatic rings. The zero-order valence-corrected chi connectivity index (χ0v) is 18.9. The molecule has 164 valence electrons. The Labute approximate surface area is 176 Å². The Hall–Kier alpha value is -0.610. The lowest BCUT2D eigenvalue weighted by atomic mass is 9.44. The number of fused-ring (bicyclic) bond motifs is 5. The zero-order valence-electron chi connectivity index (χ0n) is 18.9. The summed E-state index contributed by atoms with van der Waals surface area (Å²) in [6.07, 6.45) is 11.6. The van der Waals surface area contributed by atoms with Crippen LogP contribution in [0.25, 0.3) is 0 Å². The number of rotatable bonds is 2. The van der Waals surface area contributed by atoms with Gasteiger partial charge in [0.2, 0.25) is 0 Å². The first-order valence-electron chi connectivity index (χ1n) is 12.2. The summed E-state index contributed by atoms with van der Waals surface area (Å²) in [5, 5.41) is 0. The summed E-state index contributed by atoms with van der Waals surface area (Å²) >= 11 is 0. The maximum atomic E-state index is 11.7. The van der Waals surface area contributed by atoms with Gasteiger partial charge in [0.1, 0.15) is 6.10 Å². The normalized spacial score (nSPS) is 51.0. The van der Waals surface area contributed by atoms with Crippen molar-refractivity contribution >= 4 is 5.97 Å². The van der Waals surface area contributed by atoms with Crippen LogP contribution in [-0.2, 0) is 19.0 Å². The van der Waals surface area contributed by atoms with Gasteiger partial charge in [-0.15, -0.1) is 0 Å². The third-order valence-corrected chi connectivity index (χ3v) is 10.5. The summed E-state index contributed by atoms with van der Waals surface area (Å²) in [5.74, 6) is 3.32. The molecule has 0 aromatic heterocycles. The molecule has 0 unspecified atom stereocenters. The van der Waals surface area contributed by atoms with Gasteiger partial charge in [-0.3, -0.25) is 4.79 Å². The fraction of sp³-hybridized carbons (Fsp3) is 0.960. The van der Waals surface area contributed by atoms with Crippen LogP contribution < -0.4 is 0 Å². The van der Waals surface area contributed by atoms with Crippen molar-refractivity contribution in [3.05, 3.63) is 0 Å². The average molecular weight is 405 g/mol. The summed E-state index contributed by atoms with van der Waals surface area (Å²) < 4.78 is 17.9. The van der Waals surface area contributed by atoms with E-state index in [0.717, 1.165) is 43.3 Å². The van der Waals surface area contributed by atoms with E-state index in [0.29, 0.717) is 11.3 Å². The molecule has 1 aliphatic heterocycles. The number of ether oxygens (including phenoxy) is 3. The molecule has 4 aliphatic carbocycles. The first kappa shape index (κ1) is 20.3.